The van der Waals surface area contributed by atoms with Crippen LogP contribution in [0, 0.1) is 6.92 Å². The zero-order valence-corrected chi connectivity index (χ0v) is 6.18. The molecule has 0 amide bonds. The van der Waals surface area contributed by atoms with E-state index in [4.69, 9.17) is 23.1 Å². The Bertz CT molecular complexity index is 237. The first-order valence-corrected chi connectivity index (χ1v) is 3.04. The number of nitrogens with two attached hydrogens (primary N) is 2. The standard InChI is InChI=1S/C5H7ClN4/c1-2-9-4(6)3(7)5(8)10-2/h7H2,1H3,(H2,8,9,10). The predicted molar refractivity (Wildman–Crippen MR) is 40.6 cm³/mol. The minimum atomic E-state index is 0.213. The third-order valence-corrected chi connectivity index (χ3v) is 1.33. The fraction of sp³-hybridized carbons (Fsp3) is 0.200. The molecule has 0 spiro atoms. The van der Waals surface area contributed by atoms with Crippen molar-refractivity contribution in [3.05, 3.63) is 11.0 Å². The molecule has 1 rings (SSSR count). The molecule has 0 radical (unpaired) electrons. The molecule has 0 fully saturated rings. The molecule has 1 aromatic heterocycles. The van der Waals surface area contributed by atoms with Gasteiger partial charge in [-0.05, 0) is 6.92 Å². The molecule has 1 aromatic rings. The SMILES string of the molecule is Cc1nc(N)c(N)c(Cl)n1. The smallest absolute Gasteiger partial charge is 0.157 e. The molecule has 5 heteroatoms. The zero-order valence-electron chi connectivity index (χ0n) is 5.43. The third-order valence-electron chi connectivity index (χ3n) is 1.04. The van der Waals surface area contributed by atoms with Crippen LogP contribution in [0.5, 0.6) is 0 Å². The molecule has 0 aliphatic rings. The summed E-state index contributed by atoms with van der Waals surface area (Å²) in [4.78, 5) is 7.57. The number of rotatable bonds is 0. The number of hydrogen-bond donors (Lipinski definition) is 2. The number of nitrogen functional groups attached to an aromatic ring is 2. The van der Waals surface area contributed by atoms with Gasteiger partial charge in [0.05, 0.1) is 0 Å². The molecule has 0 aliphatic heterocycles. The fourth-order valence-corrected chi connectivity index (χ4v) is 0.787. The monoisotopic (exact) mass is 158 g/mol. The molecule has 54 valence electrons. The van der Waals surface area contributed by atoms with Crippen LogP contribution in [0.2, 0.25) is 5.15 Å². The highest BCUT2D eigenvalue weighted by Gasteiger charge is 2.02. The Morgan fingerprint density at radius 2 is 1.90 bits per heavy atom. The average Bonchev–Trinajstić information content (AvgIpc) is 1.82. The fourth-order valence-electron chi connectivity index (χ4n) is 0.568. The van der Waals surface area contributed by atoms with Crippen LogP contribution in [0.25, 0.3) is 0 Å². The van der Waals surface area contributed by atoms with Gasteiger partial charge in [0.2, 0.25) is 0 Å². The zero-order chi connectivity index (χ0) is 7.72. The quantitative estimate of drug-likeness (QED) is 0.542. The second-order valence-electron chi connectivity index (χ2n) is 1.86. The summed E-state index contributed by atoms with van der Waals surface area (Å²) in [7, 11) is 0. The van der Waals surface area contributed by atoms with Crippen molar-refractivity contribution in [2.45, 2.75) is 6.92 Å². The maximum absolute atomic E-state index is 5.56. The molecule has 0 atom stereocenters. The maximum Gasteiger partial charge on any atom is 0.157 e. The molecule has 0 bridgehead atoms. The van der Waals surface area contributed by atoms with E-state index in [9.17, 15) is 0 Å². The molecule has 0 saturated carbocycles. The molecule has 10 heavy (non-hydrogen) atoms. The number of hydrogen-bond acceptors (Lipinski definition) is 4. The number of nitrogens with zero attached hydrogens (tertiary/aromatic N) is 2. The van der Waals surface area contributed by atoms with Crippen LogP contribution in [-0.2, 0) is 0 Å². The average molecular weight is 159 g/mol. The topological polar surface area (TPSA) is 77.8 Å². The summed E-state index contributed by atoms with van der Waals surface area (Å²) in [5.74, 6) is 0.759. The minimum absolute atomic E-state index is 0.213. The van der Waals surface area contributed by atoms with E-state index in [1.165, 1.54) is 0 Å². The molecule has 0 unspecified atom stereocenters. The van der Waals surface area contributed by atoms with E-state index in [2.05, 4.69) is 9.97 Å². The van der Waals surface area contributed by atoms with E-state index in [1.54, 1.807) is 6.92 Å². The van der Waals surface area contributed by atoms with Crippen molar-refractivity contribution in [2.24, 2.45) is 0 Å². The third kappa shape index (κ3) is 1.11. The molecule has 0 saturated heterocycles. The van der Waals surface area contributed by atoms with Crippen molar-refractivity contribution in [1.82, 2.24) is 9.97 Å². The summed E-state index contributed by atoms with van der Waals surface area (Å²) in [5, 5.41) is 0.213. The van der Waals surface area contributed by atoms with Crippen molar-refractivity contribution in [3.8, 4) is 0 Å². The second-order valence-corrected chi connectivity index (χ2v) is 2.22. The Balaban J connectivity index is 3.31. The van der Waals surface area contributed by atoms with Gasteiger partial charge in [0.25, 0.3) is 0 Å². The number of aryl methyl sites for hydroxylation is 1. The summed E-state index contributed by atoms with van der Waals surface area (Å²) >= 11 is 5.56. The van der Waals surface area contributed by atoms with E-state index in [1.807, 2.05) is 0 Å². The van der Waals surface area contributed by atoms with Crippen LogP contribution >= 0.6 is 11.6 Å². The highest BCUT2D eigenvalue weighted by Crippen LogP contribution is 2.19. The molecular formula is C5H7ClN4. The lowest BCUT2D eigenvalue weighted by molar-refractivity contribution is 1.07. The second kappa shape index (κ2) is 2.30. The van der Waals surface area contributed by atoms with Gasteiger partial charge in [-0.25, -0.2) is 9.97 Å². The van der Waals surface area contributed by atoms with Gasteiger partial charge in [0, 0.05) is 0 Å². The van der Waals surface area contributed by atoms with E-state index >= 15 is 0 Å². The molecular weight excluding hydrogens is 152 g/mol. The summed E-state index contributed by atoms with van der Waals surface area (Å²) in [5.41, 5.74) is 11.0. The van der Waals surface area contributed by atoms with Crippen molar-refractivity contribution in [3.63, 3.8) is 0 Å². The van der Waals surface area contributed by atoms with Gasteiger partial charge >= 0.3 is 0 Å². The van der Waals surface area contributed by atoms with Crippen molar-refractivity contribution < 1.29 is 0 Å². The van der Waals surface area contributed by atoms with Crippen molar-refractivity contribution in [1.29, 1.82) is 0 Å². The van der Waals surface area contributed by atoms with E-state index in [-0.39, 0.29) is 16.7 Å². The largest absolute Gasteiger partial charge is 0.393 e. The van der Waals surface area contributed by atoms with Gasteiger partial charge in [-0.15, -0.1) is 0 Å². The van der Waals surface area contributed by atoms with Crippen LogP contribution in [0.3, 0.4) is 0 Å². The lowest BCUT2D eigenvalue weighted by Crippen LogP contribution is -2.02. The number of anilines is 2. The van der Waals surface area contributed by atoms with Crippen LogP contribution in [0.4, 0.5) is 11.5 Å². The van der Waals surface area contributed by atoms with Crippen LogP contribution in [0.1, 0.15) is 5.82 Å². The van der Waals surface area contributed by atoms with Crippen LogP contribution in [-0.4, -0.2) is 9.97 Å². The number of aromatic nitrogens is 2. The lowest BCUT2D eigenvalue weighted by atomic mass is 10.5. The molecule has 1 heterocycles. The highest BCUT2D eigenvalue weighted by molar-refractivity contribution is 6.32. The van der Waals surface area contributed by atoms with Gasteiger partial charge in [0.1, 0.15) is 11.5 Å². The predicted octanol–water partition coefficient (Wildman–Crippen LogP) is 0.603. The van der Waals surface area contributed by atoms with E-state index < -0.39 is 0 Å². The first-order valence-electron chi connectivity index (χ1n) is 2.66. The summed E-state index contributed by atoms with van der Waals surface area (Å²) in [6.45, 7) is 1.70. The lowest BCUT2D eigenvalue weighted by Gasteiger charge is -2.00. The van der Waals surface area contributed by atoms with Gasteiger partial charge in [-0.1, -0.05) is 11.6 Å². The normalized spacial score (nSPS) is 9.80. The molecule has 4 N–H and O–H groups in total. The van der Waals surface area contributed by atoms with Crippen LogP contribution in [0.15, 0.2) is 0 Å². The van der Waals surface area contributed by atoms with Gasteiger partial charge in [-0.3, -0.25) is 0 Å². The Morgan fingerprint density at radius 3 is 2.40 bits per heavy atom. The molecule has 4 nitrogen and oxygen atoms in total. The summed E-state index contributed by atoms with van der Waals surface area (Å²) in [6, 6.07) is 0. The minimum Gasteiger partial charge on any atom is -0.393 e. The van der Waals surface area contributed by atoms with E-state index in [0.717, 1.165) is 0 Å². The first kappa shape index (κ1) is 7.08. The Kier molecular flexibility index (Phi) is 1.63. The molecule has 0 aliphatic carbocycles. The molecule has 0 aromatic carbocycles. The Morgan fingerprint density at radius 1 is 1.30 bits per heavy atom. The Labute approximate surface area is 63.2 Å². The maximum atomic E-state index is 5.56. The van der Waals surface area contributed by atoms with Gasteiger partial charge in [0.15, 0.2) is 11.0 Å². The summed E-state index contributed by atoms with van der Waals surface area (Å²) < 4.78 is 0. The van der Waals surface area contributed by atoms with Crippen molar-refractivity contribution in [2.75, 3.05) is 11.5 Å². The number of halogens is 1. The van der Waals surface area contributed by atoms with Gasteiger partial charge < -0.3 is 11.5 Å². The summed E-state index contributed by atoms with van der Waals surface area (Å²) in [6.07, 6.45) is 0. The van der Waals surface area contributed by atoms with E-state index in [0.29, 0.717) is 5.82 Å². The first-order chi connectivity index (χ1) is 4.61. The van der Waals surface area contributed by atoms with Crippen LogP contribution < -0.4 is 11.5 Å². The van der Waals surface area contributed by atoms with Crippen molar-refractivity contribution >= 4 is 23.1 Å². The Hall–Kier alpha value is -1.03. The highest BCUT2D eigenvalue weighted by atomic mass is 35.5. The van der Waals surface area contributed by atoms with Gasteiger partial charge in [-0.2, -0.15) is 0 Å².